The van der Waals surface area contributed by atoms with Crippen LogP contribution >= 0.6 is 0 Å². The number of allylic oxidation sites excluding steroid dienone is 4. The number of fused-ring (bicyclic) bond motifs is 1. The van der Waals surface area contributed by atoms with Crippen LogP contribution in [0.3, 0.4) is 0 Å². The smallest absolute Gasteiger partial charge is 0.397 e. The third-order valence-electron chi connectivity index (χ3n) is 6.38. The van der Waals surface area contributed by atoms with E-state index in [2.05, 4.69) is 31.2 Å². The summed E-state index contributed by atoms with van der Waals surface area (Å²) in [6.07, 6.45) is 18.7. The monoisotopic (exact) mass is 431 g/mol. The van der Waals surface area contributed by atoms with E-state index in [0.717, 1.165) is 56.9 Å². The van der Waals surface area contributed by atoms with Gasteiger partial charge in [0.2, 0.25) is 5.91 Å². The van der Waals surface area contributed by atoms with Gasteiger partial charge in [-0.05, 0) is 56.6 Å². The maximum atomic E-state index is 13.2. The molecular formula is C25H34FNO4. The zero-order chi connectivity index (χ0) is 22.1. The Bertz CT molecular complexity index is 794. The molecular weight excluding hydrogens is 397 g/mol. The van der Waals surface area contributed by atoms with E-state index in [1.165, 1.54) is 12.8 Å². The average Bonchev–Trinajstić information content (AvgIpc) is 3.15. The van der Waals surface area contributed by atoms with Crippen LogP contribution in [0.5, 0.6) is 11.5 Å². The van der Waals surface area contributed by atoms with Crippen molar-refractivity contribution >= 4 is 5.91 Å². The number of rotatable bonds is 11. The standard InChI is InChI=1S/C25H34FNO4/c1-25(18-11-9-15-20(25)23(28)27-29)17-10-7-5-3-2-4-6-8-13-19-14-12-16-21-22(19)31-24(26)30-21/h7,10-12,14,16,18,20,24,29H,2-6,8-9,13,15,17H2,1H3,(H,27,28)/b10-7+. The van der Waals surface area contributed by atoms with Crippen LogP contribution in [0.25, 0.3) is 0 Å². The minimum absolute atomic E-state index is 0.189. The van der Waals surface area contributed by atoms with Crippen LogP contribution in [-0.4, -0.2) is 17.7 Å². The number of benzene rings is 1. The molecule has 0 saturated heterocycles. The lowest BCUT2D eigenvalue weighted by Gasteiger charge is -2.35. The Morgan fingerprint density at radius 2 is 2.03 bits per heavy atom. The molecule has 0 spiro atoms. The third kappa shape index (κ3) is 6.33. The van der Waals surface area contributed by atoms with Crippen molar-refractivity contribution in [2.24, 2.45) is 11.3 Å². The maximum absolute atomic E-state index is 13.2. The Balaban J connectivity index is 1.29. The van der Waals surface area contributed by atoms with Gasteiger partial charge in [0.25, 0.3) is 0 Å². The molecule has 3 atom stereocenters. The SMILES string of the molecule is CC1(C/C=C/CCCCCCCc2cccc3c2OC(F)O3)C=CCCC1C(=O)NO. The van der Waals surface area contributed by atoms with E-state index in [0.29, 0.717) is 11.5 Å². The van der Waals surface area contributed by atoms with Gasteiger partial charge in [-0.1, -0.05) is 62.6 Å². The van der Waals surface area contributed by atoms with Crippen LogP contribution in [0.2, 0.25) is 0 Å². The number of carbonyl (C=O) groups excluding carboxylic acids is 1. The summed E-state index contributed by atoms with van der Waals surface area (Å²) in [5, 5.41) is 9.00. The average molecular weight is 432 g/mol. The van der Waals surface area contributed by atoms with Gasteiger partial charge in [-0.15, -0.1) is 0 Å². The minimum Gasteiger partial charge on any atom is -0.425 e. The molecule has 170 valence electrons. The summed E-state index contributed by atoms with van der Waals surface area (Å²) in [6, 6.07) is 5.59. The molecule has 3 rings (SSSR count). The van der Waals surface area contributed by atoms with Crippen molar-refractivity contribution in [3.8, 4) is 11.5 Å². The van der Waals surface area contributed by atoms with Gasteiger partial charge in [-0.3, -0.25) is 10.0 Å². The van der Waals surface area contributed by atoms with Crippen LogP contribution < -0.4 is 15.0 Å². The molecule has 1 aliphatic carbocycles. The fraction of sp³-hybridized carbons (Fsp3) is 0.560. The molecule has 31 heavy (non-hydrogen) atoms. The Hall–Kier alpha value is -2.34. The number of hydroxylamine groups is 1. The van der Waals surface area contributed by atoms with E-state index in [1.807, 2.05) is 17.6 Å². The van der Waals surface area contributed by atoms with Gasteiger partial charge in [0.15, 0.2) is 11.5 Å². The molecule has 1 heterocycles. The quantitative estimate of drug-likeness (QED) is 0.195. The van der Waals surface area contributed by atoms with Crippen molar-refractivity contribution < 1.29 is 23.9 Å². The number of hydrogen-bond donors (Lipinski definition) is 2. The summed E-state index contributed by atoms with van der Waals surface area (Å²) in [6.45, 7) is 0.401. The number of carbonyl (C=O) groups is 1. The lowest BCUT2D eigenvalue weighted by molar-refractivity contribution is -0.137. The fourth-order valence-corrected chi connectivity index (χ4v) is 4.54. The highest BCUT2D eigenvalue weighted by atomic mass is 19.2. The molecule has 1 aromatic carbocycles. The Labute approximate surface area is 184 Å². The van der Waals surface area contributed by atoms with Gasteiger partial charge in [0.1, 0.15) is 0 Å². The molecule has 3 unspecified atom stereocenters. The fourth-order valence-electron chi connectivity index (χ4n) is 4.54. The third-order valence-corrected chi connectivity index (χ3v) is 6.38. The zero-order valence-electron chi connectivity index (χ0n) is 18.3. The molecule has 0 fully saturated rings. The lowest BCUT2D eigenvalue weighted by atomic mass is 9.69. The van der Waals surface area contributed by atoms with Gasteiger partial charge >= 0.3 is 6.54 Å². The molecule has 1 aliphatic heterocycles. The van der Waals surface area contributed by atoms with Crippen molar-refractivity contribution in [2.45, 2.75) is 77.7 Å². The Morgan fingerprint density at radius 1 is 1.23 bits per heavy atom. The summed E-state index contributed by atoms with van der Waals surface area (Å²) >= 11 is 0. The second-order valence-electron chi connectivity index (χ2n) is 8.75. The van der Waals surface area contributed by atoms with E-state index >= 15 is 0 Å². The van der Waals surface area contributed by atoms with E-state index in [-0.39, 0.29) is 17.2 Å². The highest BCUT2D eigenvalue weighted by Gasteiger charge is 2.37. The number of ether oxygens (including phenoxy) is 2. The molecule has 1 amide bonds. The van der Waals surface area contributed by atoms with Crippen molar-refractivity contribution in [1.82, 2.24) is 5.48 Å². The summed E-state index contributed by atoms with van der Waals surface area (Å²) in [5.41, 5.74) is 2.60. The predicted octanol–water partition coefficient (Wildman–Crippen LogP) is 6.02. The lowest BCUT2D eigenvalue weighted by Crippen LogP contribution is -2.39. The van der Waals surface area contributed by atoms with Crippen LogP contribution in [0.4, 0.5) is 4.39 Å². The maximum Gasteiger partial charge on any atom is 0.397 e. The van der Waals surface area contributed by atoms with E-state index in [4.69, 9.17) is 14.7 Å². The summed E-state index contributed by atoms with van der Waals surface area (Å²) in [7, 11) is 0. The normalized spacial score (nSPS) is 24.6. The van der Waals surface area contributed by atoms with Crippen molar-refractivity contribution in [3.05, 3.63) is 48.1 Å². The second kappa shape index (κ2) is 11.3. The summed E-state index contributed by atoms with van der Waals surface area (Å²) < 4.78 is 23.3. The van der Waals surface area contributed by atoms with E-state index in [9.17, 15) is 9.18 Å². The molecule has 0 saturated carbocycles. The molecule has 0 radical (unpaired) electrons. The zero-order valence-corrected chi connectivity index (χ0v) is 18.3. The van der Waals surface area contributed by atoms with Crippen molar-refractivity contribution in [2.75, 3.05) is 0 Å². The highest BCUT2D eigenvalue weighted by molar-refractivity contribution is 5.78. The Morgan fingerprint density at radius 3 is 2.87 bits per heavy atom. The highest BCUT2D eigenvalue weighted by Crippen LogP contribution is 2.40. The van der Waals surface area contributed by atoms with Crippen LogP contribution in [-0.2, 0) is 11.2 Å². The molecule has 6 heteroatoms. The topological polar surface area (TPSA) is 67.8 Å². The van der Waals surface area contributed by atoms with Gasteiger partial charge < -0.3 is 9.47 Å². The van der Waals surface area contributed by atoms with Crippen LogP contribution in [0.1, 0.15) is 70.3 Å². The molecule has 2 N–H and O–H groups in total. The molecule has 1 aromatic rings. The van der Waals surface area contributed by atoms with Crippen LogP contribution in [0, 0.1) is 11.3 Å². The second-order valence-corrected chi connectivity index (χ2v) is 8.75. The number of unbranched alkanes of at least 4 members (excludes halogenated alkanes) is 5. The molecule has 2 aliphatic rings. The van der Waals surface area contributed by atoms with Crippen molar-refractivity contribution in [1.29, 1.82) is 0 Å². The number of nitrogens with one attached hydrogen (secondary N) is 1. The number of alkyl halides is 1. The van der Waals surface area contributed by atoms with Gasteiger partial charge in [0, 0.05) is 11.3 Å². The first-order chi connectivity index (χ1) is 15.0. The summed E-state index contributed by atoms with van der Waals surface area (Å²) in [4.78, 5) is 12.0. The molecule has 0 aromatic heterocycles. The minimum atomic E-state index is -1.68. The first-order valence-electron chi connectivity index (χ1n) is 11.4. The number of para-hydroxylation sites is 1. The first kappa shape index (κ1) is 23.3. The number of hydrogen-bond acceptors (Lipinski definition) is 4. The molecule has 0 bridgehead atoms. The van der Waals surface area contributed by atoms with E-state index < -0.39 is 6.54 Å². The number of amides is 1. The van der Waals surface area contributed by atoms with Crippen LogP contribution in [0.15, 0.2) is 42.5 Å². The number of halogens is 1. The Kier molecular flexibility index (Phi) is 8.52. The molecule has 5 nitrogen and oxygen atoms in total. The summed E-state index contributed by atoms with van der Waals surface area (Å²) in [5.74, 6) is 0.577. The van der Waals surface area contributed by atoms with Gasteiger partial charge in [-0.2, -0.15) is 4.39 Å². The van der Waals surface area contributed by atoms with Gasteiger partial charge in [0.05, 0.1) is 0 Å². The number of aryl methyl sites for hydroxylation is 1. The van der Waals surface area contributed by atoms with E-state index in [1.54, 1.807) is 6.07 Å². The largest absolute Gasteiger partial charge is 0.425 e. The van der Waals surface area contributed by atoms with Gasteiger partial charge in [-0.25, -0.2) is 5.48 Å². The first-order valence-corrected chi connectivity index (χ1v) is 11.4. The predicted molar refractivity (Wildman–Crippen MR) is 118 cm³/mol. The van der Waals surface area contributed by atoms with Crippen molar-refractivity contribution in [3.63, 3.8) is 0 Å².